The molecule has 1 N–H and O–H groups in total. The van der Waals surface area contributed by atoms with E-state index in [9.17, 15) is 0 Å². The van der Waals surface area contributed by atoms with Gasteiger partial charge in [0.15, 0.2) is 0 Å². The van der Waals surface area contributed by atoms with E-state index in [1.54, 1.807) is 0 Å². The molecule has 0 aliphatic heterocycles. The van der Waals surface area contributed by atoms with Gasteiger partial charge in [-0.3, -0.25) is 0 Å². The lowest BCUT2D eigenvalue weighted by atomic mass is 10.0. The second-order valence-electron chi connectivity index (χ2n) is 3.98. The summed E-state index contributed by atoms with van der Waals surface area (Å²) in [6.07, 6.45) is 4.68. The van der Waals surface area contributed by atoms with Crippen molar-refractivity contribution in [2.24, 2.45) is 0 Å². The Morgan fingerprint density at radius 1 is 1.27 bits per heavy atom. The van der Waals surface area contributed by atoms with Gasteiger partial charge in [0.25, 0.3) is 0 Å². The lowest BCUT2D eigenvalue weighted by molar-refractivity contribution is 0.774. The van der Waals surface area contributed by atoms with Gasteiger partial charge in [-0.25, -0.2) is 0 Å². The van der Waals surface area contributed by atoms with E-state index in [0.29, 0.717) is 0 Å². The zero-order valence-corrected chi connectivity index (χ0v) is 9.84. The average molecular weight is 203 g/mol. The van der Waals surface area contributed by atoms with Crippen LogP contribution in [-0.4, -0.2) is 7.05 Å². The van der Waals surface area contributed by atoms with Crippen molar-refractivity contribution in [3.8, 4) is 0 Å². The molecule has 0 bridgehead atoms. The van der Waals surface area contributed by atoms with Crippen LogP contribution in [0, 0.1) is 0 Å². The van der Waals surface area contributed by atoms with Crippen LogP contribution in [0.15, 0.2) is 36.4 Å². The number of unbranched alkanes of at least 4 members (excludes halogenated alkanes) is 1. The highest BCUT2D eigenvalue weighted by atomic mass is 14.8. The minimum absolute atomic E-state index is 1.02. The predicted octanol–water partition coefficient (Wildman–Crippen LogP) is 4.02. The van der Waals surface area contributed by atoms with Gasteiger partial charge in [0, 0.05) is 12.7 Å². The Labute approximate surface area is 93.2 Å². The topological polar surface area (TPSA) is 12.0 Å². The average Bonchev–Trinajstić information content (AvgIpc) is 2.27. The van der Waals surface area contributed by atoms with E-state index in [2.05, 4.69) is 43.1 Å². The fourth-order valence-corrected chi connectivity index (χ4v) is 1.59. The smallest absolute Gasteiger partial charge is 0.0337 e. The SMILES string of the molecule is C=C(CCCC)Cc1ccc(NC)cc1. The van der Waals surface area contributed by atoms with Crippen molar-refractivity contribution in [3.63, 3.8) is 0 Å². The number of hydrogen-bond acceptors (Lipinski definition) is 1. The number of benzene rings is 1. The first-order chi connectivity index (χ1) is 7.26. The van der Waals surface area contributed by atoms with E-state index in [1.807, 2.05) is 7.05 Å². The zero-order valence-electron chi connectivity index (χ0n) is 9.84. The van der Waals surface area contributed by atoms with E-state index in [-0.39, 0.29) is 0 Å². The van der Waals surface area contributed by atoms with Gasteiger partial charge in [0.05, 0.1) is 0 Å². The van der Waals surface area contributed by atoms with Gasteiger partial charge in [0.2, 0.25) is 0 Å². The first-order valence-electron chi connectivity index (χ1n) is 5.69. The van der Waals surface area contributed by atoms with Gasteiger partial charge in [-0.2, -0.15) is 0 Å². The molecule has 0 saturated carbocycles. The number of nitrogens with one attached hydrogen (secondary N) is 1. The maximum atomic E-state index is 4.11. The highest BCUT2D eigenvalue weighted by Crippen LogP contribution is 2.14. The summed E-state index contributed by atoms with van der Waals surface area (Å²) in [6, 6.07) is 8.57. The number of rotatable bonds is 6. The van der Waals surface area contributed by atoms with Gasteiger partial charge in [-0.15, -0.1) is 0 Å². The van der Waals surface area contributed by atoms with E-state index in [0.717, 1.165) is 18.5 Å². The Kier molecular flexibility index (Phi) is 4.96. The second-order valence-corrected chi connectivity index (χ2v) is 3.98. The van der Waals surface area contributed by atoms with Crippen molar-refractivity contribution in [3.05, 3.63) is 42.0 Å². The fraction of sp³-hybridized carbons (Fsp3) is 0.429. The zero-order chi connectivity index (χ0) is 11.1. The van der Waals surface area contributed by atoms with Crippen molar-refractivity contribution in [2.75, 3.05) is 12.4 Å². The molecule has 82 valence electrons. The Balaban J connectivity index is 2.46. The molecule has 1 aromatic carbocycles. The summed E-state index contributed by atoms with van der Waals surface area (Å²) in [6.45, 7) is 6.33. The molecule has 0 aliphatic carbocycles. The first kappa shape index (κ1) is 11.8. The van der Waals surface area contributed by atoms with Crippen molar-refractivity contribution < 1.29 is 0 Å². The van der Waals surface area contributed by atoms with Crippen LogP contribution in [-0.2, 0) is 6.42 Å². The minimum atomic E-state index is 1.02. The van der Waals surface area contributed by atoms with Crippen molar-refractivity contribution >= 4 is 5.69 Å². The molecule has 15 heavy (non-hydrogen) atoms. The summed E-state index contributed by atoms with van der Waals surface area (Å²) in [4.78, 5) is 0. The van der Waals surface area contributed by atoms with E-state index >= 15 is 0 Å². The Morgan fingerprint density at radius 3 is 2.47 bits per heavy atom. The molecule has 1 aromatic rings. The third-order valence-electron chi connectivity index (χ3n) is 2.58. The van der Waals surface area contributed by atoms with Crippen molar-refractivity contribution in [2.45, 2.75) is 32.6 Å². The molecule has 1 rings (SSSR count). The molecule has 0 heterocycles. The normalized spacial score (nSPS) is 10.0. The molecule has 0 atom stereocenters. The monoisotopic (exact) mass is 203 g/mol. The Hall–Kier alpha value is -1.24. The quantitative estimate of drug-likeness (QED) is 0.689. The number of hydrogen-bond donors (Lipinski definition) is 1. The van der Waals surface area contributed by atoms with Gasteiger partial charge >= 0.3 is 0 Å². The molecule has 0 fully saturated rings. The third kappa shape index (κ3) is 4.20. The van der Waals surface area contributed by atoms with E-state index < -0.39 is 0 Å². The van der Waals surface area contributed by atoms with Gasteiger partial charge in [-0.1, -0.05) is 37.6 Å². The Morgan fingerprint density at radius 2 is 1.93 bits per heavy atom. The third-order valence-corrected chi connectivity index (χ3v) is 2.58. The summed E-state index contributed by atoms with van der Waals surface area (Å²) in [7, 11) is 1.94. The first-order valence-corrected chi connectivity index (χ1v) is 5.69. The predicted molar refractivity (Wildman–Crippen MR) is 68.4 cm³/mol. The molecule has 0 radical (unpaired) electrons. The number of anilines is 1. The molecule has 0 aliphatic rings. The lowest BCUT2D eigenvalue weighted by Gasteiger charge is -2.06. The van der Waals surface area contributed by atoms with Crippen LogP contribution >= 0.6 is 0 Å². The van der Waals surface area contributed by atoms with Crippen LogP contribution in [0.5, 0.6) is 0 Å². The summed E-state index contributed by atoms with van der Waals surface area (Å²) in [5.74, 6) is 0. The highest BCUT2D eigenvalue weighted by molar-refractivity contribution is 5.44. The van der Waals surface area contributed by atoms with Gasteiger partial charge in [0.1, 0.15) is 0 Å². The molecular weight excluding hydrogens is 182 g/mol. The minimum Gasteiger partial charge on any atom is -0.388 e. The summed E-state index contributed by atoms with van der Waals surface area (Å²) >= 11 is 0. The molecule has 0 unspecified atom stereocenters. The lowest BCUT2D eigenvalue weighted by Crippen LogP contribution is -1.91. The van der Waals surface area contributed by atoms with Crippen LogP contribution in [0.3, 0.4) is 0 Å². The second kappa shape index (κ2) is 6.28. The molecule has 0 aromatic heterocycles. The Bertz CT molecular complexity index is 298. The molecular formula is C14H21N. The van der Waals surface area contributed by atoms with Crippen LogP contribution in [0.2, 0.25) is 0 Å². The molecule has 1 heteroatoms. The maximum absolute atomic E-state index is 4.11. The van der Waals surface area contributed by atoms with E-state index in [4.69, 9.17) is 0 Å². The van der Waals surface area contributed by atoms with Crippen molar-refractivity contribution in [1.82, 2.24) is 0 Å². The summed E-state index contributed by atoms with van der Waals surface area (Å²) < 4.78 is 0. The van der Waals surface area contributed by atoms with Crippen molar-refractivity contribution in [1.29, 1.82) is 0 Å². The van der Waals surface area contributed by atoms with Crippen LogP contribution in [0.25, 0.3) is 0 Å². The molecule has 0 amide bonds. The summed E-state index contributed by atoms with van der Waals surface area (Å²) in [5, 5.41) is 3.12. The van der Waals surface area contributed by atoms with Crippen LogP contribution < -0.4 is 5.32 Å². The fourth-order valence-electron chi connectivity index (χ4n) is 1.59. The standard InChI is InChI=1S/C14H21N/c1-4-5-6-12(2)11-13-7-9-14(15-3)10-8-13/h7-10,15H,2,4-6,11H2,1,3H3. The van der Waals surface area contributed by atoms with E-state index in [1.165, 1.54) is 24.0 Å². The maximum Gasteiger partial charge on any atom is 0.0337 e. The molecule has 0 spiro atoms. The van der Waals surface area contributed by atoms with Crippen LogP contribution in [0.1, 0.15) is 31.7 Å². The molecule has 0 saturated heterocycles. The van der Waals surface area contributed by atoms with Gasteiger partial charge in [-0.05, 0) is 37.0 Å². The summed E-state index contributed by atoms with van der Waals surface area (Å²) in [5.41, 5.74) is 3.86. The van der Waals surface area contributed by atoms with Crippen LogP contribution in [0.4, 0.5) is 5.69 Å². The highest BCUT2D eigenvalue weighted by Gasteiger charge is 1.97. The largest absolute Gasteiger partial charge is 0.388 e. The van der Waals surface area contributed by atoms with Gasteiger partial charge < -0.3 is 5.32 Å². The molecule has 1 nitrogen and oxygen atoms in total. The number of allylic oxidation sites excluding steroid dienone is 1.